The zero-order chi connectivity index (χ0) is 22.0. The maximum absolute atomic E-state index is 12.8. The monoisotopic (exact) mass is 435 g/mol. The molecule has 1 N–H and O–H groups in total. The average molecular weight is 436 g/mol. The standard InChI is InChI=1S/C23H21N3O4S/c1-16-14-17(2)26(25-16)21-11-7-6-10-20(21)24-23(27)22-13-12-18(30-22)15-31(28,29)19-8-4-3-5-9-19/h3-14H,15H2,1-2H3,(H,24,27). The van der Waals surface area contributed by atoms with Gasteiger partial charge in [0.2, 0.25) is 0 Å². The van der Waals surface area contributed by atoms with Crippen LogP contribution in [0.5, 0.6) is 0 Å². The van der Waals surface area contributed by atoms with Crippen LogP contribution in [0, 0.1) is 13.8 Å². The van der Waals surface area contributed by atoms with Gasteiger partial charge in [0.05, 0.1) is 22.0 Å². The summed E-state index contributed by atoms with van der Waals surface area (Å²) in [4.78, 5) is 13.0. The quantitative estimate of drug-likeness (QED) is 0.487. The summed E-state index contributed by atoms with van der Waals surface area (Å²) in [5, 5.41) is 7.30. The van der Waals surface area contributed by atoms with Gasteiger partial charge in [-0.3, -0.25) is 4.79 Å². The van der Waals surface area contributed by atoms with Crippen LogP contribution in [-0.2, 0) is 15.6 Å². The number of sulfone groups is 1. The summed E-state index contributed by atoms with van der Waals surface area (Å²) >= 11 is 0. The van der Waals surface area contributed by atoms with Crippen molar-refractivity contribution in [2.24, 2.45) is 0 Å². The number of para-hydroxylation sites is 2. The van der Waals surface area contributed by atoms with Crippen molar-refractivity contribution in [1.82, 2.24) is 9.78 Å². The highest BCUT2D eigenvalue weighted by Gasteiger charge is 2.20. The summed E-state index contributed by atoms with van der Waals surface area (Å²) in [7, 11) is -3.57. The number of nitrogens with zero attached hydrogens (tertiary/aromatic N) is 2. The van der Waals surface area contributed by atoms with Gasteiger partial charge in [-0.05, 0) is 56.3 Å². The van der Waals surface area contributed by atoms with Crippen LogP contribution in [0.15, 0.2) is 82.1 Å². The number of anilines is 1. The van der Waals surface area contributed by atoms with Crippen molar-refractivity contribution in [2.75, 3.05) is 5.32 Å². The molecule has 158 valence electrons. The van der Waals surface area contributed by atoms with Gasteiger partial charge in [-0.2, -0.15) is 5.10 Å². The van der Waals surface area contributed by atoms with Crippen molar-refractivity contribution >= 4 is 21.4 Å². The van der Waals surface area contributed by atoms with Gasteiger partial charge in [-0.25, -0.2) is 13.1 Å². The van der Waals surface area contributed by atoms with Crippen LogP contribution in [0.3, 0.4) is 0 Å². The highest BCUT2D eigenvalue weighted by atomic mass is 32.2. The maximum Gasteiger partial charge on any atom is 0.291 e. The number of carbonyl (C=O) groups is 1. The molecule has 0 atom stereocenters. The van der Waals surface area contributed by atoms with Gasteiger partial charge in [0.15, 0.2) is 15.6 Å². The van der Waals surface area contributed by atoms with E-state index in [1.165, 1.54) is 24.3 Å². The molecule has 0 aliphatic heterocycles. The molecule has 0 saturated heterocycles. The number of carbonyl (C=O) groups excluding carboxylic acids is 1. The smallest absolute Gasteiger partial charge is 0.291 e. The van der Waals surface area contributed by atoms with Gasteiger partial charge in [0.25, 0.3) is 5.91 Å². The zero-order valence-electron chi connectivity index (χ0n) is 17.1. The van der Waals surface area contributed by atoms with Crippen LogP contribution in [-0.4, -0.2) is 24.1 Å². The SMILES string of the molecule is Cc1cc(C)n(-c2ccccc2NC(=O)c2ccc(CS(=O)(=O)c3ccccc3)o2)n1. The molecule has 2 heterocycles. The lowest BCUT2D eigenvalue weighted by Gasteiger charge is -2.11. The Morgan fingerprint density at radius 1 is 1.00 bits per heavy atom. The van der Waals surface area contributed by atoms with Crippen molar-refractivity contribution in [2.45, 2.75) is 24.5 Å². The highest BCUT2D eigenvalue weighted by molar-refractivity contribution is 7.90. The van der Waals surface area contributed by atoms with Gasteiger partial charge in [0, 0.05) is 5.69 Å². The van der Waals surface area contributed by atoms with Gasteiger partial charge >= 0.3 is 0 Å². The van der Waals surface area contributed by atoms with E-state index in [4.69, 9.17) is 4.42 Å². The first-order valence-electron chi connectivity index (χ1n) is 9.64. The fraction of sp³-hybridized carbons (Fsp3) is 0.130. The average Bonchev–Trinajstić information content (AvgIpc) is 3.34. The van der Waals surface area contributed by atoms with E-state index in [-0.39, 0.29) is 22.2 Å². The summed E-state index contributed by atoms with van der Waals surface area (Å²) in [6.45, 7) is 3.84. The Kier molecular flexibility index (Phi) is 5.48. The van der Waals surface area contributed by atoms with E-state index in [2.05, 4.69) is 10.4 Å². The molecule has 4 aromatic rings. The third kappa shape index (κ3) is 4.44. The Labute approximate surface area is 180 Å². The van der Waals surface area contributed by atoms with E-state index in [1.54, 1.807) is 28.9 Å². The molecule has 8 heteroatoms. The van der Waals surface area contributed by atoms with E-state index >= 15 is 0 Å². The fourth-order valence-corrected chi connectivity index (χ4v) is 4.56. The van der Waals surface area contributed by atoms with E-state index in [0.29, 0.717) is 5.69 Å². The van der Waals surface area contributed by atoms with Crippen LogP contribution in [0.1, 0.15) is 27.7 Å². The molecule has 0 bridgehead atoms. The Morgan fingerprint density at radius 3 is 2.42 bits per heavy atom. The lowest BCUT2D eigenvalue weighted by Crippen LogP contribution is -2.14. The molecule has 0 radical (unpaired) electrons. The third-order valence-corrected chi connectivity index (χ3v) is 6.37. The van der Waals surface area contributed by atoms with Crippen molar-refractivity contribution in [3.05, 3.63) is 95.7 Å². The molecule has 31 heavy (non-hydrogen) atoms. The van der Waals surface area contributed by atoms with Gasteiger partial charge in [-0.15, -0.1) is 0 Å². The molecule has 0 aliphatic carbocycles. The minimum Gasteiger partial charge on any atom is -0.455 e. The lowest BCUT2D eigenvalue weighted by atomic mass is 10.2. The van der Waals surface area contributed by atoms with Crippen molar-refractivity contribution in [3.63, 3.8) is 0 Å². The Balaban J connectivity index is 1.54. The number of amides is 1. The maximum atomic E-state index is 12.8. The number of furan rings is 1. The minimum absolute atomic E-state index is 0.0291. The molecule has 2 aromatic heterocycles. The fourth-order valence-electron chi connectivity index (χ4n) is 3.30. The highest BCUT2D eigenvalue weighted by Crippen LogP contribution is 2.23. The number of hydrogen-bond acceptors (Lipinski definition) is 5. The summed E-state index contributed by atoms with van der Waals surface area (Å²) in [5.74, 6) is -0.577. The molecule has 0 saturated carbocycles. The third-order valence-electron chi connectivity index (χ3n) is 4.71. The second-order valence-corrected chi connectivity index (χ2v) is 9.14. The van der Waals surface area contributed by atoms with E-state index in [0.717, 1.165) is 17.1 Å². The van der Waals surface area contributed by atoms with Crippen LogP contribution >= 0.6 is 0 Å². The normalized spacial score (nSPS) is 11.4. The second kappa shape index (κ2) is 8.23. The molecule has 4 rings (SSSR count). The lowest BCUT2D eigenvalue weighted by molar-refractivity contribution is 0.0995. The number of benzene rings is 2. The number of aryl methyl sites for hydroxylation is 2. The Morgan fingerprint density at radius 2 is 1.71 bits per heavy atom. The first-order valence-corrected chi connectivity index (χ1v) is 11.3. The van der Waals surface area contributed by atoms with Crippen molar-refractivity contribution in [3.8, 4) is 5.69 Å². The summed E-state index contributed by atoms with van der Waals surface area (Å²) in [5.41, 5.74) is 3.09. The van der Waals surface area contributed by atoms with Gasteiger partial charge < -0.3 is 9.73 Å². The van der Waals surface area contributed by atoms with Crippen molar-refractivity contribution < 1.29 is 17.6 Å². The molecule has 0 fully saturated rings. The molecule has 0 aliphatic rings. The number of nitrogens with one attached hydrogen (secondary N) is 1. The van der Waals surface area contributed by atoms with Gasteiger partial charge in [-0.1, -0.05) is 30.3 Å². The van der Waals surface area contributed by atoms with Gasteiger partial charge in [0.1, 0.15) is 11.5 Å². The minimum atomic E-state index is -3.57. The van der Waals surface area contributed by atoms with E-state index in [1.807, 2.05) is 38.1 Å². The summed E-state index contributed by atoms with van der Waals surface area (Å²) in [6.07, 6.45) is 0. The number of hydrogen-bond donors (Lipinski definition) is 1. The first-order chi connectivity index (χ1) is 14.8. The first kappa shape index (κ1) is 20.6. The van der Waals surface area contributed by atoms with Crippen LogP contribution in [0.2, 0.25) is 0 Å². The largest absolute Gasteiger partial charge is 0.455 e. The van der Waals surface area contributed by atoms with E-state index in [9.17, 15) is 13.2 Å². The molecule has 0 unspecified atom stereocenters. The molecule has 7 nitrogen and oxygen atoms in total. The van der Waals surface area contributed by atoms with E-state index < -0.39 is 15.7 Å². The van der Waals surface area contributed by atoms with Crippen LogP contribution in [0.25, 0.3) is 5.69 Å². The Hall–Kier alpha value is -3.65. The Bertz CT molecular complexity index is 1340. The summed E-state index contributed by atoms with van der Waals surface area (Å²) in [6, 6.07) is 20.3. The number of aromatic nitrogens is 2. The molecule has 0 spiro atoms. The summed E-state index contributed by atoms with van der Waals surface area (Å²) < 4.78 is 32.4. The molecular weight excluding hydrogens is 414 g/mol. The van der Waals surface area contributed by atoms with Crippen LogP contribution in [0.4, 0.5) is 5.69 Å². The topological polar surface area (TPSA) is 94.2 Å². The predicted octanol–water partition coefficient (Wildman–Crippen LogP) is 4.31. The van der Waals surface area contributed by atoms with Crippen molar-refractivity contribution in [1.29, 1.82) is 0 Å². The second-order valence-electron chi connectivity index (χ2n) is 7.15. The molecular formula is C23H21N3O4S. The number of rotatable bonds is 6. The van der Waals surface area contributed by atoms with Crippen LogP contribution < -0.4 is 5.32 Å². The molecule has 2 aromatic carbocycles. The predicted molar refractivity (Wildman–Crippen MR) is 117 cm³/mol. The molecule has 1 amide bonds. The zero-order valence-corrected chi connectivity index (χ0v) is 17.9.